The highest BCUT2D eigenvalue weighted by Gasteiger charge is 2.37. The number of allylic oxidation sites excluding steroid dienone is 4. The van der Waals surface area contributed by atoms with Gasteiger partial charge in [0.1, 0.15) is 24.4 Å². The molecule has 0 saturated carbocycles. The molecule has 0 aromatic carbocycles. The topological polar surface area (TPSA) is 191 Å². The Labute approximate surface area is 458 Å². The number of amides is 1. The van der Waals surface area contributed by atoms with E-state index in [1.54, 1.807) is 78.7 Å². The molecule has 0 aliphatic carbocycles. The predicted octanol–water partition coefficient (Wildman–Crippen LogP) is 8.40. The Morgan fingerprint density at radius 3 is 2.13 bits per heavy atom. The summed E-state index contributed by atoms with van der Waals surface area (Å²) < 4.78 is 35.5. The van der Waals surface area contributed by atoms with Gasteiger partial charge in [0.15, 0.2) is 5.78 Å². The van der Waals surface area contributed by atoms with Crippen LogP contribution in [0.25, 0.3) is 0 Å². The fourth-order valence-corrected chi connectivity index (χ4v) is 9.87. The lowest BCUT2D eigenvalue weighted by Gasteiger charge is -2.35. The number of likely N-dealkylation sites (N-methyl/N-ethyl adjacent to an activating group) is 2. The van der Waals surface area contributed by atoms with E-state index in [2.05, 4.69) is 26.8 Å². The Morgan fingerprint density at radius 1 is 0.882 bits per heavy atom. The molecule has 0 radical (unpaired) electrons. The number of Topliss-reactive ketones (excluding diaryl/α,β-unsaturated/α-hetero) is 1. The summed E-state index contributed by atoms with van der Waals surface area (Å²) in [4.78, 5) is 69.6. The van der Waals surface area contributed by atoms with E-state index in [1.165, 1.54) is 17.9 Å². The molecular weight excluding hydrogens is 971 g/mol. The highest BCUT2D eigenvalue weighted by molar-refractivity contribution is 5.84. The van der Waals surface area contributed by atoms with Crippen LogP contribution in [0, 0.1) is 47.3 Å². The van der Waals surface area contributed by atoms with Gasteiger partial charge >= 0.3 is 17.9 Å². The van der Waals surface area contributed by atoms with Crippen molar-refractivity contribution in [3.63, 3.8) is 0 Å². The molecule has 0 saturated heterocycles. The van der Waals surface area contributed by atoms with Crippen LogP contribution in [0.1, 0.15) is 127 Å². The van der Waals surface area contributed by atoms with Crippen molar-refractivity contribution in [2.75, 3.05) is 63.2 Å². The second-order valence-corrected chi connectivity index (χ2v) is 22.4. The van der Waals surface area contributed by atoms with Gasteiger partial charge in [-0.2, -0.15) is 0 Å². The van der Waals surface area contributed by atoms with E-state index >= 15 is 0 Å². The van der Waals surface area contributed by atoms with Gasteiger partial charge in [0, 0.05) is 78.2 Å². The van der Waals surface area contributed by atoms with Crippen molar-refractivity contribution in [1.29, 1.82) is 0 Å². The van der Waals surface area contributed by atoms with E-state index in [0.717, 1.165) is 31.3 Å². The molecule has 1 aliphatic heterocycles. The average Bonchev–Trinajstić information content (AvgIpc) is 3.38. The SMILES string of the molecule is COCC(C(=O)C[C@@H]1C/C=C/C=C/C(=O)O[C@H]([C@@H](C)[C@@H](O)[C@@H](C)CC[C@@H](OC(=O)C(C)N(C)C)[C@H](C)[C@H](OC(C)=O)[C@H](C)/C=C/N(C)C=O)C/C=C/[C@H](OC)C[C@H](C)C/C=C(\C)[C@@H](OC)CC[C@@H](C)[C@@H](O)[C@@H]1C)N(C)C. The van der Waals surface area contributed by atoms with E-state index in [9.17, 15) is 34.2 Å². The lowest BCUT2D eigenvalue weighted by Crippen LogP contribution is -2.43. The third kappa shape index (κ3) is 25.2. The quantitative estimate of drug-likeness (QED) is 0.0405. The highest BCUT2D eigenvalue weighted by Crippen LogP contribution is 2.33. The molecule has 16 nitrogen and oxygen atoms in total. The lowest BCUT2D eigenvalue weighted by atomic mass is 9.77. The number of rotatable bonds is 24. The lowest BCUT2D eigenvalue weighted by molar-refractivity contribution is -0.165. The first-order valence-corrected chi connectivity index (χ1v) is 27.6. The van der Waals surface area contributed by atoms with Gasteiger partial charge in [-0.25, -0.2) is 4.79 Å². The first kappa shape index (κ1) is 70.0. The summed E-state index contributed by atoms with van der Waals surface area (Å²) in [6.45, 7) is 19.1. The maximum Gasteiger partial charge on any atom is 0.331 e. The van der Waals surface area contributed by atoms with Gasteiger partial charge in [-0.3, -0.25) is 29.0 Å². The number of carbonyl (C=O) groups excluding carboxylic acids is 5. The zero-order valence-corrected chi connectivity index (χ0v) is 49.9. The molecule has 0 fully saturated rings. The minimum atomic E-state index is -0.959. The number of esters is 3. The molecule has 0 aromatic rings. The Kier molecular flexibility index (Phi) is 34.0. The Bertz CT molecular complexity index is 1870. The molecule has 76 heavy (non-hydrogen) atoms. The number of hydrogen-bond donors (Lipinski definition) is 2. The number of methoxy groups -OCH3 is 3. The van der Waals surface area contributed by atoms with Gasteiger partial charge in [-0.1, -0.05) is 91.0 Å². The van der Waals surface area contributed by atoms with Crippen molar-refractivity contribution in [2.24, 2.45) is 47.3 Å². The van der Waals surface area contributed by atoms with E-state index in [1.807, 2.05) is 71.8 Å². The number of hydrogen-bond acceptors (Lipinski definition) is 15. The van der Waals surface area contributed by atoms with Crippen LogP contribution in [0.4, 0.5) is 0 Å². The van der Waals surface area contributed by atoms with Crippen molar-refractivity contribution < 1.29 is 62.6 Å². The van der Waals surface area contributed by atoms with Crippen molar-refractivity contribution in [3.05, 3.63) is 60.4 Å². The molecule has 17 atom stereocenters. The smallest absolute Gasteiger partial charge is 0.331 e. The third-order valence-electron chi connectivity index (χ3n) is 15.7. The summed E-state index contributed by atoms with van der Waals surface area (Å²) >= 11 is 0. The molecule has 2 unspecified atom stereocenters. The molecule has 436 valence electrons. The maximum absolute atomic E-state index is 13.8. The number of ketones is 1. The Morgan fingerprint density at radius 2 is 1.55 bits per heavy atom. The summed E-state index contributed by atoms with van der Waals surface area (Å²) in [5.41, 5.74) is 1.13. The van der Waals surface area contributed by atoms with E-state index in [-0.39, 0.29) is 66.5 Å². The van der Waals surface area contributed by atoms with E-state index in [0.29, 0.717) is 32.1 Å². The number of carbonyl (C=O) groups is 5. The molecule has 1 aliphatic rings. The molecule has 0 aromatic heterocycles. The van der Waals surface area contributed by atoms with Crippen molar-refractivity contribution >= 4 is 30.1 Å². The van der Waals surface area contributed by atoms with Gasteiger partial charge in [-0.05, 0) is 122 Å². The predicted molar refractivity (Wildman–Crippen MR) is 300 cm³/mol. The monoisotopic (exact) mass is 1070 g/mol. The number of aliphatic hydroxyl groups excluding tert-OH is 2. The van der Waals surface area contributed by atoms with Crippen LogP contribution < -0.4 is 0 Å². The van der Waals surface area contributed by atoms with Gasteiger partial charge in [-0.15, -0.1) is 0 Å². The molecule has 16 heteroatoms. The van der Waals surface area contributed by atoms with Crippen LogP contribution >= 0.6 is 0 Å². The Balaban J connectivity index is 3.70. The van der Waals surface area contributed by atoms with Gasteiger partial charge in [0.2, 0.25) is 6.41 Å². The largest absolute Gasteiger partial charge is 0.462 e. The fourth-order valence-electron chi connectivity index (χ4n) is 9.87. The molecule has 1 heterocycles. The zero-order valence-electron chi connectivity index (χ0n) is 49.9. The summed E-state index contributed by atoms with van der Waals surface area (Å²) in [6.07, 6.45) is 17.4. The third-order valence-corrected chi connectivity index (χ3v) is 15.7. The summed E-state index contributed by atoms with van der Waals surface area (Å²) in [6, 6.07) is -0.997. The zero-order chi connectivity index (χ0) is 57.8. The first-order chi connectivity index (χ1) is 35.7. The number of cyclic esters (lactones) is 1. The van der Waals surface area contributed by atoms with Crippen LogP contribution in [0.15, 0.2) is 60.4 Å². The summed E-state index contributed by atoms with van der Waals surface area (Å²) in [5.74, 6) is -3.51. The summed E-state index contributed by atoms with van der Waals surface area (Å²) in [7, 11) is 13.8. The van der Waals surface area contributed by atoms with Crippen LogP contribution in [-0.2, 0) is 52.4 Å². The minimum absolute atomic E-state index is 0.0285. The number of aliphatic hydroxyl groups is 2. The average molecular weight is 1070 g/mol. The fraction of sp³-hybridized carbons (Fsp3) is 0.750. The standard InChI is InChI=1S/C60H103N3O13/c1-39-27-28-40(2)53(73-18)31-29-41(3)57(68)44(6)49(36-52(66)51(37-71-16)62(13)14)23-20-19-21-26-56(67)75-54(25-22-24-50(35-39)72-17)45(7)58(69)42(4)30-32-55(76-60(70)47(9)61(11)12)46(8)59(74-48(10)65)43(5)33-34-63(15)38-64/h19-22,24,26,28,33-34,38-39,41-47,49-51,53-55,57-59,68-69H,23,25,27,29-32,35-37H2,1-18H3/b20-19+,24-22+,26-21+,34-33+,40-28+/t39-,41-,42+,43-,44-,45-,46+,47?,49+,50+,51?,53+,54+,55-,57-,58+,59-/m1/s1. The molecule has 1 amide bonds. The number of nitrogens with zero attached hydrogens (tertiary/aromatic N) is 3. The van der Waals surface area contributed by atoms with Crippen molar-refractivity contribution in [1.82, 2.24) is 14.7 Å². The van der Waals surface area contributed by atoms with Crippen LogP contribution in [0.2, 0.25) is 0 Å². The normalized spacial score (nSPS) is 28.7. The molecule has 0 bridgehead atoms. The maximum atomic E-state index is 13.8. The minimum Gasteiger partial charge on any atom is -0.462 e. The van der Waals surface area contributed by atoms with E-state index in [4.69, 9.17) is 28.4 Å². The molecule has 0 spiro atoms. The Hall–Kier alpha value is -4.03. The van der Waals surface area contributed by atoms with Crippen LogP contribution in [0.3, 0.4) is 0 Å². The van der Waals surface area contributed by atoms with Gasteiger partial charge in [0.05, 0.1) is 37.1 Å². The van der Waals surface area contributed by atoms with Gasteiger partial charge in [0.25, 0.3) is 0 Å². The van der Waals surface area contributed by atoms with E-state index < -0.39 is 72.3 Å². The molecule has 1 rings (SSSR count). The second kappa shape index (κ2) is 37.0. The highest BCUT2D eigenvalue weighted by atomic mass is 16.6. The first-order valence-electron chi connectivity index (χ1n) is 27.6. The van der Waals surface area contributed by atoms with Crippen LogP contribution in [0.5, 0.6) is 0 Å². The summed E-state index contributed by atoms with van der Waals surface area (Å²) in [5, 5.41) is 23.9. The van der Waals surface area contributed by atoms with Crippen molar-refractivity contribution in [3.8, 4) is 0 Å². The van der Waals surface area contributed by atoms with Crippen molar-refractivity contribution in [2.45, 2.75) is 182 Å². The molecule has 2 N–H and O–H groups in total. The molecular formula is C60H103N3O13. The number of ether oxygens (including phenoxy) is 6. The van der Waals surface area contributed by atoms with Crippen LogP contribution in [-0.4, -0.2) is 173 Å². The second-order valence-electron chi connectivity index (χ2n) is 22.4. The van der Waals surface area contributed by atoms with Gasteiger partial charge < -0.3 is 43.5 Å².